The Morgan fingerprint density at radius 1 is 1.33 bits per heavy atom. The molecular weight excluding hydrogens is 298 g/mol. The second kappa shape index (κ2) is 7.31. The van der Waals surface area contributed by atoms with Crippen molar-refractivity contribution in [1.29, 1.82) is 5.26 Å². The van der Waals surface area contributed by atoms with Gasteiger partial charge in [-0.15, -0.1) is 0 Å². The molecular formula is C19H23N5. The number of benzene rings is 1. The Balaban J connectivity index is 1.91. The van der Waals surface area contributed by atoms with Gasteiger partial charge in [-0.2, -0.15) is 10.2 Å². The summed E-state index contributed by atoms with van der Waals surface area (Å²) < 4.78 is 0. The SMILES string of the molecule is CCCc1cc(N2CCC[C@H]2C)nc(Nc2cccc(C#N)c2)n1. The molecule has 0 spiro atoms. The molecule has 1 aliphatic rings. The van der Waals surface area contributed by atoms with Crippen molar-refractivity contribution >= 4 is 17.5 Å². The van der Waals surface area contributed by atoms with Crippen LogP contribution in [0.3, 0.4) is 0 Å². The van der Waals surface area contributed by atoms with Gasteiger partial charge in [-0.05, 0) is 44.4 Å². The van der Waals surface area contributed by atoms with Crippen LogP contribution in [0.5, 0.6) is 0 Å². The lowest BCUT2D eigenvalue weighted by Gasteiger charge is -2.23. The first kappa shape index (κ1) is 16.3. The number of aromatic nitrogens is 2. The van der Waals surface area contributed by atoms with Crippen LogP contribution in [0.25, 0.3) is 0 Å². The van der Waals surface area contributed by atoms with Gasteiger partial charge in [-0.25, -0.2) is 4.98 Å². The van der Waals surface area contributed by atoms with Crippen molar-refractivity contribution in [3.05, 3.63) is 41.6 Å². The lowest BCUT2D eigenvalue weighted by molar-refractivity contribution is 0.724. The van der Waals surface area contributed by atoms with Crippen molar-refractivity contribution < 1.29 is 0 Å². The second-order valence-electron chi connectivity index (χ2n) is 6.29. The first-order valence-corrected chi connectivity index (χ1v) is 8.61. The van der Waals surface area contributed by atoms with E-state index in [2.05, 4.69) is 41.2 Å². The fourth-order valence-electron chi connectivity index (χ4n) is 3.14. The highest BCUT2D eigenvalue weighted by Crippen LogP contribution is 2.26. The molecule has 1 atom stereocenters. The summed E-state index contributed by atoms with van der Waals surface area (Å²) in [5.74, 6) is 1.60. The monoisotopic (exact) mass is 321 g/mol. The van der Waals surface area contributed by atoms with Crippen LogP contribution in [-0.2, 0) is 6.42 Å². The lowest BCUT2D eigenvalue weighted by Crippen LogP contribution is -2.27. The van der Waals surface area contributed by atoms with E-state index >= 15 is 0 Å². The predicted octanol–water partition coefficient (Wildman–Crippen LogP) is 4.03. The summed E-state index contributed by atoms with van der Waals surface area (Å²) >= 11 is 0. The fourth-order valence-corrected chi connectivity index (χ4v) is 3.14. The third-order valence-electron chi connectivity index (χ3n) is 4.37. The lowest BCUT2D eigenvalue weighted by atomic mass is 10.2. The molecule has 1 aromatic carbocycles. The van der Waals surface area contributed by atoms with Gasteiger partial charge in [0.05, 0.1) is 11.6 Å². The van der Waals surface area contributed by atoms with Crippen LogP contribution in [0.1, 0.15) is 44.4 Å². The standard InChI is InChI=1S/C19H23N5/c1-3-6-16-12-18(24-10-5-7-14(24)2)23-19(21-16)22-17-9-4-8-15(11-17)13-20/h4,8-9,11-12,14H,3,5-7,10H2,1-2H3,(H,21,22,23)/t14-/m1/s1. The molecule has 0 aliphatic carbocycles. The summed E-state index contributed by atoms with van der Waals surface area (Å²) in [7, 11) is 0. The predicted molar refractivity (Wildman–Crippen MR) is 96.5 cm³/mol. The van der Waals surface area contributed by atoms with Crippen LogP contribution in [0.2, 0.25) is 0 Å². The highest BCUT2D eigenvalue weighted by molar-refractivity contribution is 5.58. The maximum atomic E-state index is 9.04. The highest BCUT2D eigenvalue weighted by Gasteiger charge is 2.22. The van der Waals surface area contributed by atoms with Gasteiger partial charge >= 0.3 is 0 Å². The molecule has 124 valence electrons. The van der Waals surface area contributed by atoms with Crippen molar-refractivity contribution in [1.82, 2.24) is 9.97 Å². The number of rotatable bonds is 5. The van der Waals surface area contributed by atoms with Crippen molar-refractivity contribution in [2.75, 3.05) is 16.8 Å². The molecule has 0 bridgehead atoms. The van der Waals surface area contributed by atoms with E-state index in [1.807, 2.05) is 18.2 Å². The van der Waals surface area contributed by atoms with Crippen LogP contribution in [0.4, 0.5) is 17.5 Å². The van der Waals surface area contributed by atoms with E-state index in [-0.39, 0.29) is 0 Å². The third kappa shape index (κ3) is 3.65. The summed E-state index contributed by atoms with van der Waals surface area (Å²) in [5.41, 5.74) is 2.52. The first-order valence-electron chi connectivity index (χ1n) is 8.61. The van der Waals surface area contributed by atoms with Crippen molar-refractivity contribution in [2.45, 2.75) is 45.6 Å². The normalized spacial score (nSPS) is 16.9. The summed E-state index contributed by atoms with van der Waals surface area (Å²) in [6.45, 7) is 5.45. The van der Waals surface area contributed by atoms with Gasteiger partial charge < -0.3 is 10.2 Å². The van der Waals surface area contributed by atoms with Gasteiger partial charge in [-0.3, -0.25) is 0 Å². The molecule has 1 aromatic heterocycles. The zero-order valence-electron chi connectivity index (χ0n) is 14.3. The Morgan fingerprint density at radius 2 is 2.21 bits per heavy atom. The largest absolute Gasteiger partial charge is 0.354 e. The molecule has 2 aromatic rings. The van der Waals surface area contributed by atoms with Gasteiger partial charge in [0.2, 0.25) is 5.95 Å². The topological polar surface area (TPSA) is 64.8 Å². The van der Waals surface area contributed by atoms with E-state index in [1.54, 1.807) is 6.07 Å². The van der Waals surface area contributed by atoms with Gasteiger partial charge in [0.1, 0.15) is 5.82 Å². The minimum absolute atomic E-state index is 0.518. The molecule has 1 saturated heterocycles. The Hall–Kier alpha value is -2.61. The number of nitrogens with one attached hydrogen (secondary N) is 1. The highest BCUT2D eigenvalue weighted by atomic mass is 15.3. The molecule has 1 N–H and O–H groups in total. The smallest absolute Gasteiger partial charge is 0.229 e. The number of anilines is 3. The van der Waals surface area contributed by atoms with Crippen molar-refractivity contribution in [2.24, 2.45) is 0 Å². The van der Waals surface area contributed by atoms with Crippen LogP contribution >= 0.6 is 0 Å². The number of hydrogen-bond donors (Lipinski definition) is 1. The number of aryl methyl sites for hydroxylation is 1. The maximum Gasteiger partial charge on any atom is 0.229 e. The zero-order valence-corrected chi connectivity index (χ0v) is 14.3. The van der Waals surface area contributed by atoms with Crippen LogP contribution in [-0.4, -0.2) is 22.6 Å². The number of nitriles is 1. The Kier molecular flexibility index (Phi) is 4.95. The van der Waals surface area contributed by atoms with Crippen LogP contribution < -0.4 is 10.2 Å². The first-order chi connectivity index (χ1) is 11.7. The van der Waals surface area contributed by atoms with Gasteiger partial charge in [0.25, 0.3) is 0 Å². The summed E-state index contributed by atoms with van der Waals surface area (Å²) in [5, 5.41) is 12.3. The maximum absolute atomic E-state index is 9.04. The molecule has 0 radical (unpaired) electrons. The molecule has 1 fully saturated rings. The zero-order chi connectivity index (χ0) is 16.9. The molecule has 1 aliphatic heterocycles. The molecule has 5 nitrogen and oxygen atoms in total. The molecule has 3 rings (SSSR count). The molecule has 2 heterocycles. The van der Waals surface area contributed by atoms with E-state index in [0.29, 0.717) is 17.6 Å². The average molecular weight is 321 g/mol. The van der Waals surface area contributed by atoms with Crippen molar-refractivity contribution in [3.8, 4) is 6.07 Å². The van der Waals surface area contributed by atoms with E-state index in [1.165, 1.54) is 12.8 Å². The van der Waals surface area contributed by atoms with Crippen LogP contribution in [0, 0.1) is 11.3 Å². The molecule has 0 amide bonds. The number of nitrogens with zero attached hydrogens (tertiary/aromatic N) is 4. The second-order valence-corrected chi connectivity index (χ2v) is 6.29. The van der Waals surface area contributed by atoms with Gasteiger partial charge in [0.15, 0.2) is 0 Å². The Morgan fingerprint density at radius 3 is 2.92 bits per heavy atom. The van der Waals surface area contributed by atoms with Gasteiger partial charge in [-0.1, -0.05) is 19.4 Å². The van der Waals surface area contributed by atoms with Gasteiger partial charge in [0, 0.05) is 30.0 Å². The third-order valence-corrected chi connectivity index (χ3v) is 4.37. The summed E-state index contributed by atoms with van der Waals surface area (Å²) in [6.07, 6.45) is 4.40. The Bertz CT molecular complexity index is 750. The quantitative estimate of drug-likeness (QED) is 0.900. The minimum atomic E-state index is 0.518. The molecule has 5 heteroatoms. The van der Waals surface area contributed by atoms with E-state index in [4.69, 9.17) is 10.2 Å². The minimum Gasteiger partial charge on any atom is -0.354 e. The van der Waals surface area contributed by atoms with Crippen LogP contribution in [0.15, 0.2) is 30.3 Å². The van der Waals surface area contributed by atoms with E-state index in [0.717, 1.165) is 36.6 Å². The molecule has 24 heavy (non-hydrogen) atoms. The molecule has 0 unspecified atom stereocenters. The van der Waals surface area contributed by atoms with E-state index < -0.39 is 0 Å². The number of hydrogen-bond acceptors (Lipinski definition) is 5. The Labute approximate surface area is 143 Å². The molecule has 0 saturated carbocycles. The van der Waals surface area contributed by atoms with Crippen molar-refractivity contribution in [3.63, 3.8) is 0 Å². The fraction of sp³-hybridized carbons (Fsp3) is 0.421. The summed E-state index contributed by atoms with van der Waals surface area (Å²) in [6, 6.07) is 12.2. The average Bonchev–Trinajstić information content (AvgIpc) is 3.01. The van der Waals surface area contributed by atoms with E-state index in [9.17, 15) is 0 Å². The summed E-state index contributed by atoms with van der Waals surface area (Å²) in [4.78, 5) is 11.7.